The van der Waals surface area contributed by atoms with E-state index in [-0.39, 0.29) is 5.69 Å². The van der Waals surface area contributed by atoms with E-state index in [2.05, 4.69) is 28.1 Å². The molecule has 1 aromatic heterocycles. The van der Waals surface area contributed by atoms with Crippen molar-refractivity contribution in [2.45, 2.75) is 16.4 Å². The van der Waals surface area contributed by atoms with E-state index in [1.807, 2.05) is 6.07 Å². The summed E-state index contributed by atoms with van der Waals surface area (Å²) in [5.74, 6) is -0.586. The number of carbonyl (C=O) groups excluding carboxylic acids is 1. The Morgan fingerprint density at radius 1 is 1.12 bits per heavy atom. The predicted molar refractivity (Wildman–Crippen MR) is 103 cm³/mol. The van der Waals surface area contributed by atoms with Gasteiger partial charge in [0.25, 0.3) is 0 Å². The second kappa shape index (κ2) is 7.92. The predicted octanol–water partition coefficient (Wildman–Crippen LogP) is 1.50. The van der Waals surface area contributed by atoms with Crippen molar-refractivity contribution < 1.29 is 10.0 Å². The van der Waals surface area contributed by atoms with Gasteiger partial charge in [-0.1, -0.05) is 0 Å². The van der Waals surface area contributed by atoms with Crippen LogP contribution < -0.4 is 14.7 Å². The van der Waals surface area contributed by atoms with Gasteiger partial charge in [0.15, 0.2) is 0 Å². The zero-order valence-corrected chi connectivity index (χ0v) is 18.0. The van der Waals surface area contributed by atoms with Crippen molar-refractivity contribution in [2.75, 3.05) is 0 Å². The minimum absolute atomic E-state index is 0.136. The summed E-state index contributed by atoms with van der Waals surface area (Å²) in [5, 5.41) is 8.66. The third-order valence-corrected chi connectivity index (χ3v) is 9.16. The summed E-state index contributed by atoms with van der Waals surface area (Å²) in [6.07, 6.45) is 3.48. The summed E-state index contributed by atoms with van der Waals surface area (Å²) >= 11 is -1.55. The summed E-state index contributed by atoms with van der Waals surface area (Å²) in [6, 6.07) is 15.0. The van der Waals surface area contributed by atoms with Crippen LogP contribution in [0.3, 0.4) is 0 Å². The van der Waals surface area contributed by atoms with Crippen molar-refractivity contribution in [1.29, 1.82) is 0 Å². The molecular weight excluding hydrogens is 437 g/mol. The van der Waals surface area contributed by atoms with E-state index in [4.69, 9.17) is 5.21 Å². The van der Waals surface area contributed by atoms with Gasteiger partial charge in [-0.3, -0.25) is 10.0 Å². The van der Waals surface area contributed by atoms with Crippen molar-refractivity contribution >= 4 is 29.2 Å². The van der Waals surface area contributed by atoms with Crippen molar-refractivity contribution in [3.8, 4) is 5.69 Å². The van der Waals surface area contributed by atoms with Crippen LogP contribution in [-0.2, 0) is 6.54 Å². The first kappa shape index (κ1) is 18.5. The molecule has 0 radical (unpaired) electrons. The third-order valence-electron chi connectivity index (χ3n) is 4.33. The van der Waals surface area contributed by atoms with Gasteiger partial charge in [-0.05, 0) is 0 Å². The van der Waals surface area contributed by atoms with Gasteiger partial charge in [0.2, 0.25) is 0 Å². The van der Waals surface area contributed by atoms with Gasteiger partial charge >= 0.3 is 143 Å². The molecule has 0 saturated heterocycles. The molecule has 134 valence electrons. The molecule has 0 fully saturated rings. The molecule has 3 rings (SSSR count). The summed E-state index contributed by atoms with van der Waals surface area (Å²) in [5.41, 5.74) is 3.56. The van der Waals surface area contributed by atoms with Crippen LogP contribution in [0.15, 0.2) is 65.7 Å². The Labute approximate surface area is 158 Å². The summed E-state index contributed by atoms with van der Waals surface area (Å²) in [4.78, 5) is 28.8. The standard InChI is InChI=1S/C17H14N3O3.2CH3.Sn.H/c21-16(18-23)14-6-8-15(9-7-14)20-11-10-19(17(20)22)12-13-4-2-1-3-5-13;;;;/h1-2,4-11,23H,12H2,(H,18,21);2*1H3;;. The number of aromatic nitrogens is 2. The van der Waals surface area contributed by atoms with E-state index in [0.29, 0.717) is 17.8 Å². The van der Waals surface area contributed by atoms with Crippen molar-refractivity contribution in [2.24, 2.45) is 0 Å². The van der Waals surface area contributed by atoms with Crippen LogP contribution in [0.2, 0.25) is 9.88 Å². The summed E-state index contributed by atoms with van der Waals surface area (Å²) in [6.45, 7) is 0.531. The van der Waals surface area contributed by atoms with Crippen molar-refractivity contribution in [1.82, 2.24) is 14.6 Å². The molecule has 0 aliphatic rings. The molecule has 3 aromatic rings. The van der Waals surface area contributed by atoms with E-state index >= 15 is 0 Å². The topological polar surface area (TPSA) is 76.3 Å². The van der Waals surface area contributed by atoms with Gasteiger partial charge in [-0.2, -0.15) is 0 Å². The van der Waals surface area contributed by atoms with E-state index in [1.165, 1.54) is 8.15 Å². The first-order valence-corrected chi connectivity index (χ1v) is 16.6. The number of rotatable bonds is 5. The van der Waals surface area contributed by atoms with Crippen molar-refractivity contribution in [3.63, 3.8) is 0 Å². The van der Waals surface area contributed by atoms with Gasteiger partial charge in [0, 0.05) is 0 Å². The van der Waals surface area contributed by atoms with Crippen LogP contribution in [0, 0.1) is 0 Å². The van der Waals surface area contributed by atoms with Crippen molar-refractivity contribution in [3.05, 3.63) is 82.5 Å². The molecule has 26 heavy (non-hydrogen) atoms. The number of amides is 1. The normalized spacial score (nSPS) is 10.9. The average molecular weight is 458 g/mol. The molecule has 0 unspecified atom stereocenters. The zero-order chi connectivity index (χ0) is 18.7. The van der Waals surface area contributed by atoms with Gasteiger partial charge in [-0.15, -0.1) is 0 Å². The number of nitrogens with one attached hydrogen (secondary N) is 1. The Kier molecular flexibility index (Phi) is 5.63. The van der Waals surface area contributed by atoms with Gasteiger partial charge in [0.1, 0.15) is 0 Å². The van der Waals surface area contributed by atoms with Crippen LogP contribution in [0.25, 0.3) is 5.69 Å². The second-order valence-corrected chi connectivity index (χ2v) is 15.0. The zero-order valence-electron chi connectivity index (χ0n) is 14.7. The molecular formula is C19H21N3O3Sn. The molecule has 2 N–H and O–H groups in total. The molecule has 0 aliphatic carbocycles. The molecule has 1 amide bonds. The van der Waals surface area contributed by atoms with E-state index in [1.54, 1.807) is 46.7 Å². The fourth-order valence-corrected chi connectivity index (χ4v) is 5.79. The number of hydrogen-bond acceptors (Lipinski definition) is 3. The first-order valence-electron chi connectivity index (χ1n) is 8.41. The number of hydrogen-bond donors (Lipinski definition) is 2. The van der Waals surface area contributed by atoms with Gasteiger partial charge in [0.05, 0.1) is 0 Å². The second-order valence-electron chi connectivity index (χ2n) is 6.47. The third kappa shape index (κ3) is 3.91. The van der Waals surface area contributed by atoms with Gasteiger partial charge in [-0.25, -0.2) is 5.48 Å². The van der Waals surface area contributed by atoms with E-state index < -0.39 is 25.7 Å². The van der Waals surface area contributed by atoms with Crippen LogP contribution in [0.4, 0.5) is 0 Å². The Balaban J connectivity index is 1.85. The Bertz CT molecular complexity index is 974. The van der Waals surface area contributed by atoms with Crippen LogP contribution in [0.1, 0.15) is 15.9 Å². The monoisotopic (exact) mass is 459 g/mol. The molecule has 0 atom stereocenters. The molecule has 6 nitrogen and oxygen atoms in total. The minimum atomic E-state index is -1.55. The van der Waals surface area contributed by atoms with Crippen LogP contribution in [-0.4, -0.2) is 40.0 Å². The fourth-order valence-electron chi connectivity index (χ4n) is 2.82. The maximum absolute atomic E-state index is 12.7. The molecule has 0 bridgehead atoms. The quantitative estimate of drug-likeness (QED) is 0.346. The number of carbonyl (C=O) groups is 1. The van der Waals surface area contributed by atoms with E-state index in [0.717, 1.165) is 5.56 Å². The fraction of sp³-hybridized carbons (Fsp3) is 0.158. The molecule has 2 aromatic carbocycles. The number of imidazole rings is 1. The summed E-state index contributed by atoms with van der Waals surface area (Å²) in [7, 11) is 0. The maximum atomic E-state index is 12.7. The van der Waals surface area contributed by atoms with E-state index in [9.17, 15) is 9.59 Å². The van der Waals surface area contributed by atoms with Gasteiger partial charge < -0.3 is 0 Å². The molecule has 0 aliphatic heterocycles. The molecule has 0 spiro atoms. The number of nitrogens with zero attached hydrogens (tertiary/aromatic N) is 2. The van der Waals surface area contributed by atoms with Crippen LogP contribution >= 0.6 is 0 Å². The Morgan fingerprint density at radius 2 is 1.85 bits per heavy atom. The average Bonchev–Trinajstić information content (AvgIpc) is 3.02. The van der Waals surface area contributed by atoms with Crippen LogP contribution in [0.5, 0.6) is 0 Å². The SMILES string of the molecule is [CH3][SnH]([CH3])[c]1cccc(Cn2ccn(-c3ccc(C(=O)NO)cc3)c2=O)c1. The Morgan fingerprint density at radius 3 is 2.50 bits per heavy atom. The first-order chi connectivity index (χ1) is 12.5. The molecule has 0 saturated carbocycles. The summed E-state index contributed by atoms with van der Waals surface area (Å²) < 4.78 is 4.66. The molecule has 1 heterocycles. The molecule has 7 heteroatoms. The number of hydroxylamine groups is 1. The Hall–Kier alpha value is -2.32. The number of benzene rings is 2.